The minimum absolute atomic E-state index is 0.0766. The summed E-state index contributed by atoms with van der Waals surface area (Å²) in [7, 11) is 0. The highest BCUT2D eigenvalue weighted by Gasteiger charge is 2.29. The van der Waals surface area contributed by atoms with E-state index in [4.69, 9.17) is 8.83 Å². The summed E-state index contributed by atoms with van der Waals surface area (Å²) in [6.45, 7) is 6.51. The largest absolute Gasteiger partial charge is 0.466 e. The Hall–Kier alpha value is -2.01. The molecule has 23 heavy (non-hydrogen) atoms. The van der Waals surface area contributed by atoms with Gasteiger partial charge in [0.15, 0.2) is 11.8 Å². The van der Waals surface area contributed by atoms with Gasteiger partial charge in [0.1, 0.15) is 11.5 Å². The molecule has 1 saturated heterocycles. The second-order valence-corrected chi connectivity index (χ2v) is 6.32. The first kappa shape index (κ1) is 15.9. The van der Waals surface area contributed by atoms with E-state index in [1.54, 1.807) is 12.3 Å². The Balaban J connectivity index is 1.69. The lowest BCUT2D eigenvalue weighted by Crippen LogP contribution is -3.13. The van der Waals surface area contributed by atoms with Crippen LogP contribution in [0.25, 0.3) is 0 Å². The van der Waals surface area contributed by atoms with Gasteiger partial charge < -0.3 is 19.1 Å². The van der Waals surface area contributed by atoms with Crippen LogP contribution in [0.1, 0.15) is 52.9 Å². The zero-order valence-electron chi connectivity index (χ0n) is 13.9. The topological polar surface area (TPSA) is 59.8 Å². The van der Waals surface area contributed by atoms with E-state index in [0.29, 0.717) is 17.9 Å². The van der Waals surface area contributed by atoms with E-state index < -0.39 is 0 Å². The highest BCUT2D eigenvalue weighted by molar-refractivity contribution is 5.95. The molecule has 0 saturated carbocycles. The number of carbonyl (C=O) groups excluding carboxylic acids is 1. The van der Waals surface area contributed by atoms with Crippen LogP contribution in [0.3, 0.4) is 0 Å². The fourth-order valence-corrected chi connectivity index (χ4v) is 3.44. The molecule has 3 heterocycles. The number of hydrogen-bond acceptors (Lipinski definition) is 3. The predicted octanol–water partition coefficient (Wildman–Crippen LogP) is 2.03. The molecule has 1 amide bonds. The van der Waals surface area contributed by atoms with Crippen molar-refractivity contribution in [3.8, 4) is 0 Å². The molecular weight excluding hydrogens is 292 g/mol. The van der Waals surface area contributed by atoms with Gasteiger partial charge in [0.05, 0.1) is 31.5 Å². The summed E-state index contributed by atoms with van der Waals surface area (Å²) in [4.78, 5) is 13.9. The molecule has 1 atom stereocenters. The van der Waals surface area contributed by atoms with Gasteiger partial charge in [-0.15, -0.1) is 0 Å². The minimum atomic E-state index is -0.0766. The van der Waals surface area contributed by atoms with Crippen molar-refractivity contribution in [2.45, 2.75) is 39.2 Å². The van der Waals surface area contributed by atoms with E-state index in [1.807, 2.05) is 26.0 Å². The second-order valence-electron chi connectivity index (χ2n) is 6.32. The third-order valence-corrected chi connectivity index (χ3v) is 4.63. The maximum absolute atomic E-state index is 12.4. The molecule has 5 nitrogen and oxygen atoms in total. The van der Waals surface area contributed by atoms with Crippen molar-refractivity contribution in [1.82, 2.24) is 5.32 Å². The number of quaternary nitrogens is 1. The van der Waals surface area contributed by atoms with E-state index in [1.165, 1.54) is 24.2 Å². The Kier molecular flexibility index (Phi) is 4.86. The number of aryl methyl sites for hydroxylation is 2. The van der Waals surface area contributed by atoms with Gasteiger partial charge in [-0.1, -0.05) is 0 Å². The van der Waals surface area contributed by atoms with E-state index in [-0.39, 0.29) is 11.9 Å². The first-order valence-corrected chi connectivity index (χ1v) is 8.38. The number of carbonyl (C=O) groups is 1. The number of furan rings is 2. The Bertz CT molecular complexity index is 639. The van der Waals surface area contributed by atoms with Crippen molar-refractivity contribution in [3.05, 3.63) is 47.3 Å². The van der Waals surface area contributed by atoms with Crippen LogP contribution >= 0.6 is 0 Å². The lowest BCUT2D eigenvalue weighted by atomic mass is 10.1. The molecule has 2 aromatic heterocycles. The third kappa shape index (κ3) is 3.67. The molecular formula is C18H25N2O3+. The van der Waals surface area contributed by atoms with Gasteiger partial charge in [-0.05, 0) is 51.3 Å². The van der Waals surface area contributed by atoms with Crippen molar-refractivity contribution in [2.24, 2.45) is 0 Å². The standard InChI is InChI=1S/C18H24N2O3/c1-13-11-15(14(2)23-13)18(21)19-12-16(17-7-6-10-22-17)20-8-4-3-5-9-20/h6-7,10-11,16H,3-5,8-9,12H2,1-2H3,(H,19,21)/p+1/t16-/m1/s1. The molecule has 0 aliphatic carbocycles. The number of likely N-dealkylation sites (tertiary alicyclic amines) is 1. The normalized spacial score (nSPS) is 17.1. The summed E-state index contributed by atoms with van der Waals surface area (Å²) < 4.78 is 11.1. The predicted molar refractivity (Wildman–Crippen MR) is 86.5 cm³/mol. The summed E-state index contributed by atoms with van der Waals surface area (Å²) in [6.07, 6.45) is 5.48. The molecule has 0 radical (unpaired) electrons. The molecule has 1 aliphatic rings. The van der Waals surface area contributed by atoms with Crippen LogP contribution in [0, 0.1) is 13.8 Å². The second kappa shape index (κ2) is 7.04. The molecule has 3 rings (SSSR count). The Labute approximate surface area is 136 Å². The summed E-state index contributed by atoms with van der Waals surface area (Å²) in [5.74, 6) is 2.30. The van der Waals surface area contributed by atoms with Gasteiger partial charge in [0.2, 0.25) is 0 Å². The summed E-state index contributed by atoms with van der Waals surface area (Å²) in [6, 6.07) is 5.88. The van der Waals surface area contributed by atoms with Gasteiger partial charge >= 0.3 is 0 Å². The van der Waals surface area contributed by atoms with Gasteiger partial charge in [-0.3, -0.25) is 4.79 Å². The summed E-state index contributed by atoms with van der Waals surface area (Å²) in [5.41, 5.74) is 0.620. The van der Waals surface area contributed by atoms with Gasteiger partial charge in [-0.25, -0.2) is 0 Å². The number of rotatable bonds is 5. The van der Waals surface area contributed by atoms with Crippen molar-refractivity contribution >= 4 is 5.91 Å². The lowest BCUT2D eigenvalue weighted by Gasteiger charge is -2.30. The van der Waals surface area contributed by atoms with Gasteiger partial charge in [0.25, 0.3) is 5.91 Å². The highest BCUT2D eigenvalue weighted by atomic mass is 16.3. The maximum atomic E-state index is 12.4. The average molecular weight is 317 g/mol. The quantitative estimate of drug-likeness (QED) is 0.887. The molecule has 1 fully saturated rings. The Morgan fingerprint density at radius 3 is 2.70 bits per heavy atom. The third-order valence-electron chi connectivity index (χ3n) is 4.63. The van der Waals surface area contributed by atoms with E-state index in [9.17, 15) is 4.79 Å². The van der Waals surface area contributed by atoms with Crippen molar-refractivity contribution in [2.75, 3.05) is 19.6 Å². The monoisotopic (exact) mass is 317 g/mol. The molecule has 0 unspecified atom stereocenters. The van der Waals surface area contributed by atoms with Crippen LogP contribution in [0.5, 0.6) is 0 Å². The number of piperidine rings is 1. The first-order valence-electron chi connectivity index (χ1n) is 8.38. The zero-order valence-corrected chi connectivity index (χ0v) is 13.9. The molecule has 0 bridgehead atoms. The molecule has 1 aliphatic heterocycles. The van der Waals surface area contributed by atoms with Crippen LogP contribution < -0.4 is 10.2 Å². The van der Waals surface area contributed by atoms with E-state index in [2.05, 4.69) is 5.32 Å². The first-order chi connectivity index (χ1) is 11.1. The summed E-state index contributed by atoms with van der Waals surface area (Å²) >= 11 is 0. The number of hydrogen-bond donors (Lipinski definition) is 2. The van der Waals surface area contributed by atoms with Crippen molar-refractivity contribution < 1.29 is 18.5 Å². The maximum Gasteiger partial charge on any atom is 0.255 e. The van der Waals surface area contributed by atoms with Crippen LogP contribution in [0.4, 0.5) is 0 Å². The highest BCUT2D eigenvalue weighted by Crippen LogP contribution is 2.15. The smallest absolute Gasteiger partial charge is 0.255 e. The van der Waals surface area contributed by atoms with E-state index >= 15 is 0 Å². The molecule has 2 aromatic rings. The van der Waals surface area contributed by atoms with E-state index in [0.717, 1.165) is 24.6 Å². The lowest BCUT2D eigenvalue weighted by molar-refractivity contribution is -0.936. The van der Waals surface area contributed by atoms with Crippen LogP contribution in [-0.4, -0.2) is 25.5 Å². The average Bonchev–Trinajstić information content (AvgIpc) is 3.18. The molecule has 5 heteroatoms. The molecule has 124 valence electrons. The Morgan fingerprint density at radius 1 is 1.30 bits per heavy atom. The van der Waals surface area contributed by atoms with Crippen LogP contribution in [0.2, 0.25) is 0 Å². The van der Waals surface area contributed by atoms with Crippen LogP contribution in [0.15, 0.2) is 33.3 Å². The fourth-order valence-electron chi connectivity index (χ4n) is 3.44. The Morgan fingerprint density at radius 2 is 2.09 bits per heavy atom. The van der Waals surface area contributed by atoms with Crippen molar-refractivity contribution in [1.29, 1.82) is 0 Å². The van der Waals surface area contributed by atoms with Gasteiger partial charge in [-0.2, -0.15) is 0 Å². The fraction of sp³-hybridized carbons (Fsp3) is 0.500. The van der Waals surface area contributed by atoms with Gasteiger partial charge in [0, 0.05) is 0 Å². The number of amides is 1. The zero-order chi connectivity index (χ0) is 16.2. The van der Waals surface area contributed by atoms with Crippen molar-refractivity contribution in [3.63, 3.8) is 0 Å². The molecule has 2 N–H and O–H groups in total. The number of nitrogens with one attached hydrogen (secondary N) is 2. The minimum Gasteiger partial charge on any atom is -0.466 e. The summed E-state index contributed by atoms with van der Waals surface area (Å²) in [5, 5.41) is 3.06. The molecule has 0 aromatic carbocycles. The molecule has 0 spiro atoms. The SMILES string of the molecule is Cc1cc(C(=O)NC[C@H](c2ccco2)[NH+]2CCCCC2)c(C)o1. The van der Waals surface area contributed by atoms with Crippen LogP contribution in [-0.2, 0) is 0 Å².